The van der Waals surface area contributed by atoms with Gasteiger partial charge in [0, 0.05) is 0 Å². The third-order valence-corrected chi connectivity index (χ3v) is 1.41. The predicted molar refractivity (Wildman–Crippen MR) is 40.9 cm³/mol. The van der Waals surface area contributed by atoms with Crippen molar-refractivity contribution in [1.82, 2.24) is 15.5 Å². The van der Waals surface area contributed by atoms with Crippen LogP contribution in [0.1, 0.15) is 12.7 Å². The highest BCUT2D eigenvalue weighted by Gasteiger charge is 2.11. The molecule has 13 heavy (non-hydrogen) atoms. The van der Waals surface area contributed by atoms with Gasteiger partial charge in [-0.3, -0.25) is 4.79 Å². The quantitative estimate of drug-likeness (QED) is 0.698. The summed E-state index contributed by atoms with van der Waals surface area (Å²) in [5.74, 6) is -0.613. The first-order chi connectivity index (χ1) is 6.24. The molecular weight excluding hydrogens is 172 g/mol. The third kappa shape index (κ3) is 2.56. The number of aromatic nitrogens is 2. The number of hydrogen-bond donors (Lipinski definition) is 1. The van der Waals surface area contributed by atoms with Crippen LogP contribution in [0.2, 0.25) is 0 Å². The summed E-state index contributed by atoms with van der Waals surface area (Å²) >= 11 is 0. The lowest BCUT2D eigenvalue weighted by molar-refractivity contribution is -0.123. The second-order valence-corrected chi connectivity index (χ2v) is 2.42. The van der Waals surface area contributed by atoms with Gasteiger partial charge >= 0.3 is 0 Å². The average molecular weight is 180 g/mol. The van der Waals surface area contributed by atoms with Crippen molar-refractivity contribution in [2.45, 2.75) is 13.5 Å². The van der Waals surface area contributed by atoms with Gasteiger partial charge in [0.05, 0.1) is 12.6 Å². The molecule has 0 aliphatic rings. The van der Waals surface area contributed by atoms with Gasteiger partial charge in [0.1, 0.15) is 5.92 Å². The van der Waals surface area contributed by atoms with Crippen LogP contribution in [0.5, 0.6) is 0 Å². The fourth-order valence-electron chi connectivity index (χ4n) is 0.648. The molecule has 1 amide bonds. The molecule has 68 valence electrons. The van der Waals surface area contributed by atoms with E-state index in [9.17, 15) is 4.79 Å². The lowest BCUT2D eigenvalue weighted by atomic mass is 10.2. The molecule has 6 heteroatoms. The molecule has 0 bridgehead atoms. The third-order valence-electron chi connectivity index (χ3n) is 1.41. The van der Waals surface area contributed by atoms with Crippen LogP contribution in [0.4, 0.5) is 0 Å². The lowest BCUT2D eigenvalue weighted by Crippen LogP contribution is -2.28. The Balaban J connectivity index is 2.36. The summed E-state index contributed by atoms with van der Waals surface area (Å²) < 4.78 is 4.46. The van der Waals surface area contributed by atoms with E-state index in [1.807, 2.05) is 6.07 Å². The Kier molecular flexibility index (Phi) is 2.97. The Hall–Kier alpha value is -1.90. The summed E-state index contributed by atoms with van der Waals surface area (Å²) in [6, 6.07) is 1.82. The van der Waals surface area contributed by atoms with E-state index in [0.717, 1.165) is 0 Å². The highest BCUT2D eigenvalue weighted by atomic mass is 16.5. The van der Waals surface area contributed by atoms with Gasteiger partial charge in [-0.1, -0.05) is 5.16 Å². The van der Waals surface area contributed by atoms with E-state index in [1.54, 1.807) is 0 Å². The fraction of sp³-hybridized carbons (Fsp3) is 0.429. The molecule has 1 heterocycles. The van der Waals surface area contributed by atoms with E-state index in [1.165, 1.54) is 13.3 Å². The van der Waals surface area contributed by atoms with Gasteiger partial charge in [0.25, 0.3) is 0 Å². The smallest absolute Gasteiger partial charge is 0.237 e. The minimum atomic E-state index is -0.660. The van der Waals surface area contributed by atoms with Crippen molar-refractivity contribution in [1.29, 1.82) is 5.26 Å². The van der Waals surface area contributed by atoms with Crippen molar-refractivity contribution < 1.29 is 9.32 Å². The number of rotatable bonds is 3. The van der Waals surface area contributed by atoms with Crippen LogP contribution < -0.4 is 5.32 Å². The van der Waals surface area contributed by atoms with E-state index in [0.29, 0.717) is 5.82 Å². The number of nitriles is 1. The van der Waals surface area contributed by atoms with Gasteiger partial charge in [-0.25, -0.2) is 0 Å². The number of nitrogens with zero attached hydrogens (tertiary/aromatic N) is 3. The second kappa shape index (κ2) is 4.21. The maximum absolute atomic E-state index is 11.0. The van der Waals surface area contributed by atoms with Crippen LogP contribution in [-0.2, 0) is 11.3 Å². The van der Waals surface area contributed by atoms with Crippen molar-refractivity contribution >= 4 is 5.91 Å². The molecule has 0 spiro atoms. The molecule has 0 aromatic carbocycles. The minimum absolute atomic E-state index is 0.182. The van der Waals surface area contributed by atoms with Crippen LogP contribution >= 0.6 is 0 Å². The van der Waals surface area contributed by atoms with Gasteiger partial charge in [-0.05, 0) is 6.92 Å². The van der Waals surface area contributed by atoms with Crippen molar-refractivity contribution in [2.75, 3.05) is 0 Å². The number of carbonyl (C=O) groups is 1. The second-order valence-electron chi connectivity index (χ2n) is 2.42. The highest BCUT2D eigenvalue weighted by Crippen LogP contribution is 1.93. The standard InChI is InChI=1S/C7H8N4O2/c1-5(2-8)7(12)9-3-6-10-4-13-11-6/h4-5H,3H2,1H3,(H,9,12). The largest absolute Gasteiger partial charge is 0.348 e. The Morgan fingerprint density at radius 3 is 3.23 bits per heavy atom. The number of carbonyl (C=O) groups excluding carboxylic acids is 1. The fourth-order valence-corrected chi connectivity index (χ4v) is 0.648. The Labute approximate surface area is 74.5 Å². The van der Waals surface area contributed by atoms with Crippen LogP contribution in [0.25, 0.3) is 0 Å². The zero-order valence-electron chi connectivity index (χ0n) is 7.02. The maximum Gasteiger partial charge on any atom is 0.237 e. The molecule has 0 saturated heterocycles. The van der Waals surface area contributed by atoms with Crippen molar-refractivity contribution in [3.05, 3.63) is 12.2 Å². The Morgan fingerprint density at radius 2 is 2.69 bits per heavy atom. The first-order valence-corrected chi connectivity index (χ1v) is 3.66. The molecule has 0 saturated carbocycles. The topological polar surface area (TPSA) is 91.8 Å². The molecule has 1 unspecified atom stereocenters. The van der Waals surface area contributed by atoms with E-state index in [2.05, 4.69) is 20.0 Å². The molecule has 1 N–H and O–H groups in total. The predicted octanol–water partition coefficient (Wildman–Crippen LogP) is -0.155. The van der Waals surface area contributed by atoms with Crippen molar-refractivity contribution in [3.63, 3.8) is 0 Å². The van der Waals surface area contributed by atoms with Crippen LogP contribution in [0.15, 0.2) is 10.9 Å². The van der Waals surface area contributed by atoms with Gasteiger partial charge in [0.2, 0.25) is 12.3 Å². The molecule has 0 aliphatic carbocycles. The molecule has 1 rings (SSSR count). The summed E-state index contributed by atoms with van der Waals surface area (Å²) in [5.41, 5.74) is 0. The van der Waals surface area contributed by atoms with E-state index >= 15 is 0 Å². The zero-order valence-corrected chi connectivity index (χ0v) is 7.02. The first-order valence-electron chi connectivity index (χ1n) is 3.66. The summed E-state index contributed by atoms with van der Waals surface area (Å²) in [4.78, 5) is 14.7. The molecular formula is C7H8N4O2. The van der Waals surface area contributed by atoms with E-state index in [4.69, 9.17) is 5.26 Å². The Morgan fingerprint density at radius 1 is 1.92 bits per heavy atom. The molecule has 0 radical (unpaired) electrons. The monoisotopic (exact) mass is 180 g/mol. The van der Waals surface area contributed by atoms with Crippen molar-refractivity contribution in [3.8, 4) is 6.07 Å². The van der Waals surface area contributed by atoms with Gasteiger partial charge < -0.3 is 9.84 Å². The van der Waals surface area contributed by atoms with Crippen molar-refractivity contribution in [2.24, 2.45) is 5.92 Å². The van der Waals surface area contributed by atoms with Gasteiger partial charge in [-0.2, -0.15) is 10.2 Å². The molecule has 1 aromatic rings. The zero-order chi connectivity index (χ0) is 9.68. The van der Waals surface area contributed by atoms with E-state index < -0.39 is 5.92 Å². The number of nitrogens with one attached hydrogen (secondary N) is 1. The molecule has 6 nitrogen and oxygen atoms in total. The molecule has 0 fully saturated rings. The molecule has 1 atom stereocenters. The highest BCUT2D eigenvalue weighted by molar-refractivity contribution is 5.80. The van der Waals surface area contributed by atoms with Crippen LogP contribution in [-0.4, -0.2) is 16.0 Å². The summed E-state index contributed by atoms with van der Waals surface area (Å²) in [6.45, 7) is 1.70. The SMILES string of the molecule is CC(C#N)C(=O)NCc1ncon1. The summed E-state index contributed by atoms with van der Waals surface area (Å²) in [6.07, 6.45) is 1.18. The normalized spacial score (nSPS) is 11.7. The van der Waals surface area contributed by atoms with Crippen LogP contribution in [0.3, 0.4) is 0 Å². The minimum Gasteiger partial charge on any atom is -0.348 e. The lowest BCUT2D eigenvalue weighted by Gasteiger charge is -2.01. The van der Waals surface area contributed by atoms with Gasteiger partial charge in [0.15, 0.2) is 5.82 Å². The first kappa shape index (κ1) is 9.19. The molecule has 1 aromatic heterocycles. The summed E-state index contributed by atoms with van der Waals surface area (Å²) in [5, 5.41) is 14.4. The van der Waals surface area contributed by atoms with E-state index in [-0.39, 0.29) is 12.5 Å². The van der Waals surface area contributed by atoms with Gasteiger partial charge in [-0.15, -0.1) is 0 Å². The Bertz CT molecular complexity index is 314. The number of amides is 1. The van der Waals surface area contributed by atoms with Crippen LogP contribution in [0, 0.1) is 17.2 Å². The molecule has 0 aliphatic heterocycles. The number of hydrogen-bond acceptors (Lipinski definition) is 5. The summed E-state index contributed by atoms with van der Waals surface area (Å²) in [7, 11) is 0. The maximum atomic E-state index is 11.0. The average Bonchev–Trinajstić information content (AvgIpc) is 2.65.